The van der Waals surface area contributed by atoms with Crippen molar-refractivity contribution in [2.45, 2.75) is 6.54 Å². The molecule has 2 rings (SSSR count). The van der Waals surface area contributed by atoms with Crippen molar-refractivity contribution < 1.29 is 4.79 Å². The molecule has 2 aromatic rings. The van der Waals surface area contributed by atoms with Crippen LogP contribution in [0.5, 0.6) is 0 Å². The van der Waals surface area contributed by atoms with Crippen LogP contribution in [0.2, 0.25) is 5.02 Å². The Balaban J connectivity index is 2.03. The molecule has 0 fully saturated rings. The van der Waals surface area contributed by atoms with Crippen molar-refractivity contribution in [3.8, 4) is 0 Å². The minimum absolute atomic E-state index is 0.180. The van der Waals surface area contributed by atoms with E-state index in [1.807, 2.05) is 24.3 Å². The summed E-state index contributed by atoms with van der Waals surface area (Å²) in [6.07, 6.45) is 0. The van der Waals surface area contributed by atoms with E-state index in [0.29, 0.717) is 17.1 Å². The minimum atomic E-state index is -0.180. The van der Waals surface area contributed by atoms with E-state index >= 15 is 0 Å². The first kappa shape index (κ1) is 14.6. The summed E-state index contributed by atoms with van der Waals surface area (Å²) >= 11 is 12.7. The van der Waals surface area contributed by atoms with Crippen LogP contribution >= 0.6 is 43.5 Å². The van der Waals surface area contributed by atoms with E-state index in [1.165, 1.54) is 0 Å². The first-order valence-electron chi connectivity index (χ1n) is 5.54. The quantitative estimate of drug-likeness (QED) is 0.784. The van der Waals surface area contributed by atoms with Crippen LogP contribution in [0.15, 0.2) is 51.4 Å². The van der Waals surface area contributed by atoms with Crippen molar-refractivity contribution in [1.82, 2.24) is 5.32 Å². The molecule has 0 atom stereocenters. The molecule has 98 valence electrons. The molecular weight excluding hydrogens is 393 g/mol. The number of rotatable bonds is 3. The molecule has 0 saturated heterocycles. The van der Waals surface area contributed by atoms with Crippen molar-refractivity contribution in [3.63, 3.8) is 0 Å². The molecule has 0 bridgehead atoms. The number of nitrogens with one attached hydrogen (secondary N) is 1. The average Bonchev–Trinajstić information content (AvgIpc) is 2.37. The highest BCUT2D eigenvalue weighted by atomic mass is 79.9. The fourth-order valence-electron chi connectivity index (χ4n) is 1.55. The lowest BCUT2D eigenvalue weighted by Gasteiger charge is -2.07. The maximum Gasteiger partial charge on any atom is 0.253 e. The van der Waals surface area contributed by atoms with Gasteiger partial charge in [0.05, 0.1) is 10.6 Å². The predicted octanol–water partition coefficient (Wildman–Crippen LogP) is 4.80. The summed E-state index contributed by atoms with van der Waals surface area (Å²) in [4.78, 5) is 12.0. The third-order valence-electron chi connectivity index (χ3n) is 2.54. The van der Waals surface area contributed by atoms with Gasteiger partial charge in [-0.05, 0) is 35.9 Å². The van der Waals surface area contributed by atoms with Crippen LogP contribution in [0, 0.1) is 0 Å². The molecule has 5 heteroatoms. The van der Waals surface area contributed by atoms with Crippen LogP contribution in [0.4, 0.5) is 0 Å². The number of halogens is 3. The van der Waals surface area contributed by atoms with E-state index in [2.05, 4.69) is 37.2 Å². The smallest absolute Gasteiger partial charge is 0.253 e. The molecule has 0 heterocycles. The standard InChI is InChI=1S/C14H10Br2ClNO/c15-10-3-1-9(2-4-10)8-18-14(19)12-6-5-11(16)7-13(12)17/h1-7H,8H2,(H,18,19). The fraction of sp³-hybridized carbons (Fsp3) is 0.0714. The summed E-state index contributed by atoms with van der Waals surface area (Å²) in [6, 6.07) is 13.0. The van der Waals surface area contributed by atoms with E-state index < -0.39 is 0 Å². The van der Waals surface area contributed by atoms with Crippen molar-refractivity contribution >= 4 is 49.4 Å². The summed E-state index contributed by atoms with van der Waals surface area (Å²) in [5.41, 5.74) is 1.51. The Morgan fingerprint density at radius 1 is 1.05 bits per heavy atom. The maximum atomic E-state index is 12.0. The van der Waals surface area contributed by atoms with Crippen LogP contribution in [0.3, 0.4) is 0 Å². The fourth-order valence-corrected chi connectivity index (χ4v) is 2.58. The maximum absolute atomic E-state index is 12.0. The third kappa shape index (κ3) is 4.06. The van der Waals surface area contributed by atoms with E-state index in [-0.39, 0.29) is 5.91 Å². The SMILES string of the molecule is O=C(NCc1ccc(Br)cc1)c1ccc(Br)cc1Cl. The van der Waals surface area contributed by atoms with Gasteiger partial charge < -0.3 is 5.32 Å². The number of hydrogen-bond acceptors (Lipinski definition) is 1. The molecule has 1 amide bonds. The monoisotopic (exact) mass is 401 g/mol. The van der Waals surface area contributed by atoms with Gasteiger partial charge in [-0.1, -0.05) is 55.6 Å². The largest absolute Gasteiger partial charge is 0.348 e. The lowest BCUT2D eigenvalue weighted by atomic mass is 10.2. The van der Waals surface area contributed by atoms with Gasteiger partial charge in [-0.25, -0.2) is 0 Å². The Labute approximate surface area is 133 Å². The highest BCUT2D eigenvalue weighted by molar-refractivity contribution is 9.10. The van der Waals surface area contributed by atoms with Gasteiger partial charge in [-0.3, -0.25) is 4.79 Å². The molecule has 2 aromatic carbocycles. The predicted molar refractivity (Wildman–Crippen MR) is 84.5 cm³/mol. The zero-order valence-corrected chi connectivity index (χ0v) is 13.7. The van der Waals surface area contributed by atoms with Crippen molar-refractivity contribution in [2.75, 3.05) is 0 Å². The normalized spacial score (nSPS) is 10.3. The van der Waals surface area contributed by atoms with Gasteiger partial charge in [0.1, 0.15) is 0 Å². The van der Waals surface area contributed by atoms with Crippen LogP contribution in [0.25, 0.3) is 0 Å². The average molecular weight is 404 g/mol. The first-order valence-corrected chi connectivity index (χ1v) is 7.50. The topological polar surface area (TPSA) is 29.1 Å². The molecule has 1 N–H and O–H groups in total. The second-order valence-corrected chi connectivity index (χ2v) is 6.17. The van der Waals surface area contributed by atoms with Gasteiger partial charge in [0.25, 0.3) is 5.91 Å². The van der Waals surface area contributed by atoms with E-state index in [1.54, 1.807) is 18.2 Å². The molecule has 2 nitrogen and oxygen atoms in total. The van der Waals surface area contributed by atoms with Crippen LogP contribution in [0.1, 0.15) is 15.9 Å². The van der Waals surface area contributed by atoms with Crippen LogP contribution < -0.4 is 5.32 Å². The first-order chi connectivity index (χ1) is 9.06. The van der Waals surface area contributed by atoms with Gasteiger partial charge >= 0.3 is 0 Å². The van der Waals surface area contributed by atoms with E-state index in [9.17, 15) is 4.79 Å². The van der Waals surface area contributed by atoms with Crippen LogP contribution in [-0.4, -0.2) is 5.91 Å². The highest BCUT2D eigenvalue weighted by Crippen LogP contribution is 2.21. The number of hydrogen-bond donors (Lipinski definition) is 1. The van der Waals surface area contributed by atoms with Gasteiger partial charge in [0.15, 0.2) is 0 Å². The lowest BCUT2D eigenvalue weighted by Crippen LogP contribution is -2.23. The lowest BCUT2D eigenvalue weighted by molar-refractivity contribution is 0.0951. The Morgan fingerprint density at radius 3 is 2.32 bits per heavy atom. The van der Waals surface area contributed by atoms with E-state index in [4.69, 9.17) is 11.6 Å². The molecule has 0 spiro atoms. The number of carbonyl (C=O) groups excluding carboxylic acids is 1. The summed E-state index contributed by atoms with van der Waals surface area (Å²) in [7, 11) is 0. The Kier molecular flexibility index (Phi) is 5.02. The molecule has 0 radical (unpaired) electrons. The molecule has 0 saturated carbocycles. The van der Waals surface area contributed by atoms with Gasteiger partial charge in [-0.2, -0.15) is 0 Å². The summed E-state index contributed by atoms with van der Waals surface area (Å²) in [5.74, 6) is -0.180. The second-order valence-electron chi connectivity index (χ2n) is 3.93. The number of amides is 1. The van der Waals surface area contributed by atoms with Gasteiger partial charge in [0, 0.05) is 15.5 Å². The third-order valence-corrected chi connectivity index (χ3v) is 3.88. The van der Waals surface area contributed by atoms with Crippen molar-refractivity contribution in [1.29, 1.82) is 0 Å². The Morgan fingerprint density at radius 2 is 1.68 bits per heavy atom. The Hall–Kier alpha value is -0.840. The minimum Gasteiger partial charge on any atom is -0.348 e. The Bertz CT molecular complexity index is 599. The number of benzene rings is 2. The molecule has 0 unspecified atom stereocenters. The van der Waals surface area contributed by atoms with Gasteiger partial charge in [0.2, 0.25) is 0 Å². The van der Waals surface area contributed by atoms with Crippen molar-refractivity contribution in [3.05, 3.63) is 67.6 Å². The summed E-state index contributed by atoms with van der Waals surface area (Å²) in [6.45, 7) is 0.471. The molecule has 0 aliphatic heterocycles. The summed E-state index contributed by atoms with van der Waals surface area (Å²) in [5, 5.41) is 3.27. The summed E-state index contributed by atoms with van der Waals surface area (Å²) < 4.78 is 1.86. The molecule has 0 aliphatic rings. The van der Waals surface area contributed by atoms with Gasteiger partial charge in [-0.15, -0.1) is 0 Å². The van der Waals surface area contributed by atoms with Crippen molar-refractivity contribution in [2.24, 2.45) is 0 Å². The van der Waals surface area contributed by atoms with E-state index in [0.717, 1.165) is 14.5 Å². The zero-order valence-electron chi connectivity index (χ0n) is 9.79. The zero-order chi connectivity index (χ0) is 13.8. The number of carbonyl (C=O) groups is 1. The molecule has 19 heavy (non-hydrogen) atoms. The van der Waals surface area contributed by atoms with Crippen LogP contribution in [-0.2, 0) is 6.54 Å². The second kappa shape index (κ2) is 6.55. The molecule has 0 aromatic heterocycles. The molecule has 0 aliphatic carbocycles. The molecular formula is C14H10Br2ClNO. The highest BCUT2D eigenvalue weighted by Gasteiger charge is 2.10.